The van der Waals surface area contributed by atoms with Crippen molar-refractivity contribution in [1.29, 1.82) is 0 Å². The van der Waals surface area contributed by atoms with E-state index in [4.69, 9.17) is 0 Å². The second-order valence-electron chi connectivity index (χ2n) is 8.28. The number of hydrogen-bond acceptors (Lipinski definition) is 1. The van der Waals surface area contributed by atoms with Crippen molar-refractivity contribution >= 4 is 0 Å². The number of hydrogen-bond donors (Lipinski definition) is 1. The first-order valence-corrected chi connectivity index (χ1v) is 9.49. The van der Waals surface area contributed by atoms with E-state index >= 15 is 0 Å². The van der Waals surface area contributed by atoms with Crippen molar-refractivity contribution in [3.05, 3.63) is 0 Å². The van der Waals surface area contributed by atoms with Crippen LogP contribution in [0, 0.1) is 23.2 Å². The SMILES string of the molecule is CCCCCC(NCCC)C12CC3CC(CC(C3)C1)C2. The summed E-state index contributed by atoms with van der Waals surface area (Å²) in [5.74, 6) is 3.29. The predicted molar refractivity (Wildman–Crippen MR) is 86.8 cm³/mol. The van der Waals surface area contributed by atoms with E-state index in [0.29, 0.717) is 5.41 Å². The third-order valence-corrected chi connectivity index (χ3v) is 6.56. The lowest BCUT2D eigenvalue weighted by Gasteiger charge is -2.59. The molecule has 4 aliphatic rings. The molecule has 4 aliphatic carbocycles. The third-order valence-electron chi connectivity index (χ3n) is 6.56. The molecule has 1 atom stereocenters. The average molecular weight is 277 g/mol. The topological polar surface area (TPSA) is 12.0 Å². The zero-order chi connectivity index (χ0) is 14.0. The summed E-state index contributed by atoms with van der Waals surface area (Å²) < 4.78 is 0. The van der Waals surface area contributed by atoms with Crippen molar-refractivity contribution in [2.75, 3.05) is 6.54 Å². The molecule has 4 rings (SSSR count). The lowest BCUT2D eigenvalue weighted by Crippen LogP contribution is -2.56. The smallest absolute Gasteiger partial charge is 0.0124 e. The van der Waals surface area contributed by atoms with E-state index in [1.807, 2.05) is 0 Å². The Morgan fingerprint density at radius 1 is 0.900 bits per heavy atom. The van der Waals surface area contributed by atoms with Gasteiger partial charge in [0.05, 0.1) is 0 Å². The summed E-state index contributed by atoms with van der Waals surface area (Å²) in [4.78, 5) is 0. The predicted octanol–water partition coefficient (Wildman–Crippen LogP) is 5.15. The molecule has 0 aliphatic heterocycles. The van der Waals surface area contributed by atoms with E-state index in [1.165, 1.54) is 38.6 Å². The Morgan fingerprint density at radius 3 is 2.00 bits per heavy atom. The van der Waals surface area contributed by atoms with Gasteiger partial charge >= 0.3 is 0 Å². The Hall–Kier alpha value is -0.0400. The Balaban J connectivity index is 1.68. The maximum atomic E-state index is 3.99. The lowest BCUT2D eigenvalue weighted by atomic mass is 9.47. The zero-order valence-corrected chi connectivity index (χ0v) is 13.8. The molecule has 1 heteroatoms. The first-order chi connectivity index (χ1) is 9.75. The summed E-state index contributed by atoms with van der Waals surface area (Å²) in [7, 11) is 0. The molecule has 20 heavy (non-hydrogen) atoms. The molecule has 0 amide bonds. The molecule has 0 heterocycles. The minimum atomic E-state index is 0.706. The Bertz CT molecular complexity index is 274. The second-order valence-corrected chi connectivity index (χ2v) is 8.28. The molecule has 0 aromatic heterocycles. The first-order valence-electron chi connectivity index (χ1n) is 9.49. The van der Waals surface area contributed by atoms with E-state index < -0.39 is 0 Å². The monoisotopic (exact) mass is 277 g/mol. The molecule has 1 nitrogen and oxygen atoms in total. The minimum absolute atomic E-state index is 0.706. The van der Waals surface area contributed by atoms with Gasteiger partial charge < -0.3 is 5.32 Å². The van der Waals surface area contributed by atoms with Crippen LogP contribution in [0.5, 0.6) is 0 Å². The van der Waals surface area contributed by atoms with Crippen LogP contribution in [-0.2, 0) is 0 Å². The van der Waals surface area contributed by atoms with Gasteiger partial charge in [-0.25, -0.2) is 0 Å². The van der Waals surface area contributed by atoms with Gasteiger partial charge in [0.25, 0.3) is 0 Å². The fraction of sp³-hybridized carbons (Fsp3) is 1.00. The lowest BCUT2D eigenvalue weighted by molar-refractivity contribution is -0.0755. The molecule has 1 N–H and O–H groups in total. The Kier molecular flexibility index (Phi) is 4.75. The molecule has 4 fully saturated rings. The van der Waals surface area contributed by atoms with Gasteiger partial charge in [-0.2, -0.15) is 0 Å². The highest BCUT2D eigenvalue weighted by molar-refractivity contribution is 5.06. The molecular formula is C19H35N. The van der Waals surface area contributed by atoms with Crippen LogP contribution in [0.25, 0.3) is 0 Å². The van der Waals surface area contributed by atoms with Gasteiger partial charge in [-0.15, -0.1) is 0 Å². The Morgan fingerprint density at radius 2 is 1.50 bits per heavy atom. The van der Waals surface area contributed by atoms with Crippen molar-refractivity contribution in [2.45, 2.75) is 90.5 Å². The minimum Gasteiger partial charge on any atom is -0.313 e. The van der Waals surface area contributed by atoms with Crippen LogP contribution < -0.4 is 5.32 Å². The highest BCUT2D eigenvalue weighted by Crippen LogP contribution is 2.61. The van der Waals surface area contributed by atoms with Crippen molar-refractivity contribution < 1.29 is 0 Å². The standard InChI is InChI=1S/C19H35N/c1-3-5-6-7-18(20-8-4-2)19-12-15-9-16(13-19)11-17(10-15)14-19/h15-18,20H,3-14H2,1-2H3. The van der Waals surface area contributed by atoms with Crippen LogP contribution in [0.15, 0.2) is 0 Å². The maximum Gasteiger partial charge on any atom is 0.0124 e. The first kappa shape index (κ1) is 14.9. The third kappa shape index (κ3) is 2.93. The molecule has 4 bridgehead atoms. The summed E-state index contributed by atoms with van der Waals surface area (Å²) >= 11 is 0. The number of unbranched alkanes of at least 4 members (excludes halogenated alkanes) is 2. The molecule has 116 valence electrons. The largest absolute Gasteiger partial charge is 0.313 e. The quantitative estimate of drug-likeness (QED) is 0.605. The fourth-order valence-electron chi connectivity index (χ4n) is 6.15. The summed E-state index contributed by atoms with van der Waals surface area (Å²) in [5.41, 5.74) is 0.706. The van der Waals surface area contributed by atoms with Crippen LogP contribution in [0.1, 0.15) is 84.5 Å². The summed E-state index contributed by atoms with van der Waals surface area (Å²) in [6.07, 6.45) is 16.4. The molecule has 1 unspecified atom stereocenters. The fourth-order valence-corrected chi connectivity index (χ4v) is 6.15. The number of rotatable bonds is 8. The van der Waals surface area contributed by atoms with Gasteiger partial charge in [0.2, 0.25) is 0 Å². The molecule has 0 radical (unpaired) electrons. The van der Waals surface area contributed by atoms with Crippen molar-refractivity contribution in [3.63, 3.8) is 0 Å². The van der Waals surface area contributed by atoms with Crippen LogP contribution >= 0.6 is 0 Å². The molecule has 4 saturated carbocycles. The van der Waals surface area contributed by atoms with Gasteiger partial charge in [-0.05, 0) is 81.1 Å². The van der Waals surface area contributed by atoms with Crippen LogP contribution in [0.2, 0.25) is 0 Å². The molecule has 0 spiro atoms. The zero-order valence-electron chi connectivity index (χ0n) is 13.8. The van der Waals surface area contributed by atoms with Crippen molar-refractivity contribution in [2.24, 2.45) is 23.2 Å². The van der Waals surface area contributed by atoms with Gasteiger partial charge in [0.15, 0.2) is 0 Å². The molecule has 0 aromatic carbocycles. The van der Waals surface area contributed by atoms with Crippen molar-refractivity contribution in [1.82, 2.24) is 5.32 Å². The second kappa shape index (κ2) is 6.38. The molecule has 0 aromatic rings. The van der Waals surface area contributed by atoms with Gasteiger partial charge in [0.1, 0.15) is 0 Å². The molecule has 0 saturated heterocycles. The highest BCUT2D eigenvalue weighted by Gasteiger charge is 2.53. The summed E-state index contributed by atoms with van der Waals surface area (Å²) in [6.45, 7) is 5.88. The van der Waals surface area contributed by atoms with E-state index in [1.54, 1.807) is 38.5 Å². The van der Waals surface area contributed by atoms with Gasteiger partial charge in [-0.3, -0.25) is 0 Å². The highest BCUT2D eigenvalue weighted by atomic mass is 14.9. The van der Waals surface area contributed by atoms with Crippen LogP contribution in [-0.4, -0.2) is 12.6 Å². The van der Waals surface area contributed by atoms with Crippen LogP contribution in [0.4, 0.5) is 0 Å². The van der Waals surface area contributed by atoms with Gasteiger partial charge in [-0.1, -0.05) is 33.1 Å². The van der Waals surface area contributed by atoms with E-state index in [2.05, 4.69) is 19.2 Å². The normalized spacial score (nSPS) is 40.2. The Labute approximate surface area is 126 Å². The van der Waals surface area contributed by atoms with Gasteiger partial charge in [0, 0.05) is 6.04 Å². The molecular weight excluding hydrogens is 242 g/mol. The maximum absolute atomic E-state index is 3.99. The van der Waals surface area contributed by atoms with E-state index in [-0.39, 0.29) is 0 Å². The van der Waals surface area contributed by atoms with Crippen molar-refractivity contribution in [3.8, 4) is 0 Å². The average Bonchev–Trinajstić information content (AvgIpc) is 2.41. The number of nitrogens with one attached hydrogen (secondary N) is 1. The van der Waals surface area contributed by atoms with E-state index in [0.717, 1.165) is 23.8 Å². The summed E-state index contributed by atoms with van der Waals surface area (Å²) in [6, 6.07) is 0.836. The van der Waals surface area contributed by atoms with Crippen LogP contribution in [0.3, 0.4) is 0 Å². The van der Waals surface area contributed by atoms with E-state index in [9.17, 15) is 0 Å². The summed E-state index contributed by atoms with van der Waals surface area (Å²) in [5, 5.41) is 3.99.